The maximum absolute atomic E-state index is 12.5. The molecule has 0 aromatic heterocycles. The maximum atomic E-state index is 12.5. The Morgan fingerprint density at radius 2 is 0.633 bits per heavy atom. The highest BCUT2D eigenvalue weighted by molar-refractivity contribution is 5.76. The Balaban J connectivity index is 3.33. The number of hydrogen-bond acceptors (Lipinski definition) is 5. The highest BCUT2D eigenvalue weighted by atomic mass is 16.5. The van der Waals surface area contributed by atoms with Crippen molar-refractivity contribution in [2.24, 2.45) is 0 Å². The smallest absolute Gasteiger partial charge is 0.305 e. The fraction of sp³-hybridized carbons (Fsp3) is 0.890. The molecule has 0 rings (SSSR count). The van der Waals surface area contributed by atoms with Crippen molar-refractivity contribution in [1.82, 2.24) is 5.32 Å². The molecule has 6 nitrogen and oxygen atoms in total. The number of hydrogen-bond donors (Lipinski definition) is 3. The zero-order valence-corrected chi connectivity index (χ0v) is 53.4. The van der Waals surface area contributed by atoms with Crippen LogP contribution in [-0.2, 0) is 14.3 Å². The second-order valence-electron chi connectivity index (χ2n) is 24.6. The molecule has 6 heteroatoms. The number of rotatable bonds is 67. The Morgan fingerprint density at radius 3 is 0.987 bits per heavy atom. The van der Waals surface area contributed by atoms with Crippen LogP contribution >= 0.6 is 0 Å². The van der Waals surface area contributed by atoms with Crippen molar-refractivity contribution in [1.29, 1.82) is 0 Å². The highest BCUT2D eigenvalue weighted by Gasteiger charge is 2.18. The monoisotopic (exact) mass is 1110 g/mol. The minimum atomic E-state index is -0.840. The van der Waals surface area contributed by atoms with Crippen LogP contribution < -0.4 is 5.32 Å². The van der Waals surface area contributed by atoms with E-state index in [2.05, 4.69) is 43.5 Å². The highest BCUT2D eigenvalue weighted by Crippen LogP contribution is 2.19. The first-order valence-corrected chi connectivity index (χ1v) is 35.8. The average molecular weight is 1110 g/mol. The molecule has 0 aromatic carbocycles. The van der Waals surface area contributed by atoms with Gasteiger partial charge in [0.25, 0.3) is 0 Å². The molecule has 2 unspecified atom stereocenters. The molecule has 0 aromatic rings. The molecule has 466 valence electrons. The van der Waals surface area contributed by atoms with Gasteiger partial charge in [-0.3, -0.25) is 9.59 Å². The van der Waals surface area contributed by atoms with Gasteiger partial charge in [-0.1, -0.05) is 352 Å². The molecule has 2 atom stereocenters. The lowest BCUT2D eigenvalue weighted by atomic mass is 10.0. The molecule has 3 N–H and O–H groups in total. The first-order chi connectivity index (χ1) is 39.0. The summed E-state index contributed by atoms with van der Waals surface area (Å²) >= 11 is 0. The van der Waals surface area contributed by atoms with E-state index >= 15 is 0 Å². The molecule has 0 heterocycles. The van der Waals surface area contributed by atoms with Gasteiger partial charge in [-0.15, -0.1) is 0 Å². The summed E-state index contributed by atoms with van der Waals surface area (Å²) in [6, 6.07) is -0.624. The summed E-state index contributed by atoms with van der Waals surface area (Å²) < 4.78 is 5.49. The molecule has 0 aliphatic carbocycles. The van der Waals surface area contributed by atoms with Gasteiger partial charge >= 0.3 is 5.97 Å². The first kappa shape index (κ1) is 77.1. The van der Waals surface area contributed by atoms with E-state index in [-0.39, 0.29) is 18.5 Å². The summed E-state index contributed by atoms with van der Waals surface area (Å²) in [6.45, 7) is 4.90. The number of nitrogens with one attached hydrogen (secondary N) is 1. The van der Waals surface area contributed by atoms with Gasteiger partial charge in [0.15, 0.2) is 0 Å². The van der Waals surface area contributed by atoms with Crippen LogP contribution in [0.25, 0.3) is 0 Å². The molecule has 0 radical (unpaired) electrons. The number of esters is 1. The van der Waals surface area contributed by atoms with Gasteiger partial charge in [0.05, 0.1) is 25.4 Å². The lowest BCUT2D eigenvalue weighted by Crippen LogP contribution is -2.45. The van der Waals surface area contributed by atoms with E-state index in [1.54, 1.807) is 6.08 Å². The number of aliphatic hydroxyl groups excluding tert-OH is 2. The Hall–Kier alpha value is -1.92. The van der Waals surface area contributed by atoms with Gasteiger partial charge in [0.1, 0.15) is 0 Å². The van der Waals surface area contributed by atoms with Gasteiger partial charge in [-0.25, -0.2) is 0 Å². The predicted molar refractivity (Wildman–Crippen MR) is 347 cm³/mol. The van der Waals surface area contributed by atoms with Gasteiger partial charge in [0, 0.05) is 12.8 Å². The molecule has 0 bridgehead atoms. The largest absolute Gasteiger partial charge is 0.466 e. The Labute approximate surface area is 494 Å². The van der Waals surface area contributed by atoms with Crippen molar-refractivity contribution in [3.63, 3.8) is 0 Å². The Bertz CT molecular complexity index is 1280. The normalized spacial score (nSPS) is 12.7. The van der Waals surface area contributed by atoms with Crippen LogP contribution in [0.15, 0.2) is 36.5 Å². The standard InChI is InChI=1S/C73H139NO5/c1-3-5-7-9-11-13-15-17-38-43-47-51-55-59-63-67-73(78)79-68-64-60-56-52-48-44-40-37-35-33-31-29-27-25-23-21-19-20-22-24-26-28-30-32-34-36-39-42-46-50-54-58-62-66-72(77)74-70(69-75)71(76)65-61-57-53-49-45-41-18-16-14-12-10-8-6-4-2/h11,13,17,38,61,65,70-71,75-76H,3-10,12,14-16,18-37,39-60,62-64,66-69H2,1-2H3,(H,74,77)/b13-11-,38-17-,65-61+. The summed E-state index contributed by atoms with van der Waals surface area (Å²) in [5.41, 5.74) is 0. The Morgan fingerprint density at radius 1 is 0.354 bits per heavy atom. The molecule has 0 spiro atoms. The second kappa shape index (κ2) is 68.6. The number of aliphatic hydroxyl groups is 2. The molecule has 79 heavy (non-hydrogen) atoms. The van der Waals surface area contributed by atoms with Crippen molar-refractivity contribution in [3.8, 4) is 0 Å². The second-order valence-corrected chi connectivity index (χ2v) is 24.6. The van der Waals surface area contributed by atoms with Crippen LogP contribution in [-0.4, -0.2) is 47.4 Å². The fourth-order valence-electron chi connectivity index (χ4n) is 11.2. The van der Waals surface area contributed by atoms with Crippen molar-refractivity contribution in [2.75, 3.05) is 13.2 Å². The molecule has 0 aliphatic heterocycles. The van der Waals surface area contributed by atoms with E-state index in [1.165, 1.54) is 315 Å². The van der Waals surface area contributed by atoms with Gasteiger partial charge in [-0.2, -0.15) is 0 Å². The average Bonchev–Trinajstić information content (AvgIpc) is 3.45. The molecule has 1 amide bonds. The summed E-state index contributed by atoms with van der Waals surface area (Å²) in [7, 11) is 0. The molecular weight excluding hydrogens is 971 g/mol. The summed E-state index contributed by atoms with van der Waals surface area (Å²) in [6.07, 6.45) is 88.1. The van der Waals surface area contributed by atoms with Crippen molar-refractivity contribution in [2.45, 2.75) is 405 Å². The minimum Gasteiger partial charge on any atom is -0.466 e. The third kappa shape index (κ3) is 65.1. The van der Waals surface area contributed by atoms with Crippen molar-refractivity contribution in [3.05, 3.63) is 36.5 Å². The first-order valence-electron chi connectivity index (χ1n) is 35.8. The van der Waals surface area contributed by atoms with Gasteiger partial charge in [0.2, 0.25) is 5.91 Å². The quantitative estimate of drug-likeness (QED) is 0.0320. The summed E-state index contributed by atoms with van der Waals surface area (Å²) in [5.74, 6) is -0.0537. The van der Waals surface area contributed by atoms with E-state index in [0.29, 0.717) is 19.4 Å². The zero-order valence-electron chi connectivity index (χ0n) is 53.4. The topological polar surface area (TPSA) is 95.9 Å². The zero-order chi connectivity index (χ0) is 57.1. The number of amides is 1. The predicted octanol–water partition coefficient (Wildman–Crippen LogP) is 23.1. The lowest BCUT2D eigenvalue weighted by molar-refractivity contribution is -0.143. The van der Waals surface area contributed by atoms with E-state index in [1.807, 2.05) is 6.08 Å². The third-order valence-corrected chi connectivity index (χ3v) is 16.7. The van der Waals surface area contributed by atoms with Crippen molar-refractivity contribution >= 4 is 11.9 Å². The van der Waals surface area contributed by atoms with E-state index in [0.717, 1.165) is 51.4 Å². The van der Waals surface area contributed by atoms with Gasteiger partial charge < -0.3 is 20.3 Å². The summed E-state index contributed by atoms with van der Waals surface area (Å²) in [4.78, 5) is 24.5. The lowest BCUT2D eigenvalue weighted by Gasteiger charge is -2.20. The van der Waals surface area contributed by atoms with Crippen LogP contribution in [0.4, 0.5) is 0 Å². The summed E-state index contributed by atoms with van der Waals surface area (Å²) in [5, 5.41) is 23.1. The third-order valence-electron chi connectivity index (χ3n) is 16.7. The number of carbonyl (C=O) groups excluding carboxylic acids is 2. The van der Waals surface area contributed by atoms with Crippen LogP contribution in [0.3, 0.4) is 0 Å². The van der Waals surface area contributed by atoms with E-state index < -0.39 is 12.1 Å². The number of carbonyl (C=O) groups is 2. The number of ether oxygens (including phenoxy) is 1. The van der Waals surface area contributed by atoms with Crippen LogP contribution in [0.2, 0.25) is 0 Å². The molecule has 0 saturated carbocycles. The maximum Gasteiger partial charge on any atom is 0.305 e. The minimum absolute atomic E-state index is 0.00766. The van der Waals surface area contributed by atoms with Crippen LogP contribution in [0.5, 0.6) is 0 Å². The molecule has 0 aliphatic rings. The molecule has 0 saturated heterocycles. The van der Waals surface area contributed by atoms with Crippen molar-refractivity contribution < 1.29 is 24.5 Å². The number of unbranched alkanes of at least 4 members (excludes halogenated alkanes) is 52. The van der Waals surface area contributed by atoms with Gasteiger partial charge in [-0.05, 0) is 64.2 Å². The Kier molecular flexibility index (Phi) is 66.9. The van der Waals surface area contributed by atoms with Crippen LogP contribution in [0, 0.1) is 0 Å². The van der Waals surface area contributed by atoms with E-state index in [9.17, 15) is 19.8 Å². The SMILES string of the molecule is CCCCC/C=C\C/C=C\CCCCCCCC(=O)OCCCCCCCCCCCCCCCCCCCCCCCCCCCCCCCCCCCC(=O)NC(CO)C(O)/C=C/CCCCCCCCCCCCCC. The molecular formula is C73H139NO5. The van der Waals surface area contributed by atoms with Crippen LogP contribution in [0.1, 0.15) is 393 Å². The molecule has 0 fully saturated rings. The fourth-order valence-corrected chi connectivity index (χ4v) is 11.2. The number of allylic oxidation sites excluding steroid dienone is 5. The van der Waals surface area contributed by atoms with E-state index in [4.69, 9.17) is 4.74 Å².